The SMILES string of the molecule is CC[C@H](O)/C=C/[C@@H](O)[C@H]1C[C@H](O)[C@@H](CCCCCCCC(=O)O)O1. The number of carboxylic acid groups (broad SMARTS) is 1. The molecule has 1 rings (SSSR count). The van der Waals surface area contributed by atoms with E-state index in [0.717, 1.165) is 32.1 Å². The molecule has 0 aromatic carbocycles. The molecule has 0 amide bonds. The van der Waals surface area contributed by atoms with Crippen molar-refractivity contribution in [2.24, 2.45) is 0 Å². The molecule has 24 heavy (non-hydrogen) atoms. The topological polar surface area (TPSA) is 107 Å². The van der Waals surface area contributed by atoms with Crippen LogP contribution in [0.2, 0.25) is 0 Å². The van der Waals surface area contributed by atoms with Crippen LogP contribution in [0.5, 0.6) is 0 Å². The quantitative estimate of drug-likeness (QED) is 0.319. The number of carboxylic acids is 1. The van der Waals surface area contributed by atoms with Gasteiger partial charge >= 0.3 is 5.97 Å². The first kappa shape index (κ1) is 21.1. The second kappa shape index (κ2) is 11.6. The fraction of sp³-hybridized carbons (Fsp3) is 0.833. The number of rotatable bonds is 12. The molecular weight excluding hydrogens is 312 g/mol. The van der Waals surface area contributed by atoms with Gasteiger partial charge in [-0.05, 0) is 19.3 Å². The standard InChI is InChI=1S/C18H32O6/c1-2-13(19)10-11-14(20)17-12-15(21)16(24-17)8-6-4-3-5-7-9-18(22)23/h10-11,13-17,19-21H,2-9,12H2,1H3,(H,22,23)/b11-10+/t13-,14+,15-,16+,17+/m0/s1. The van der Waals surface area contributed by atoms with Crippen molar-refractivity contribution in [2.75, 3.05) is 0 Å². The molecule has 1 aliphatic rings. The van der Waals surface area contributed by atoms with Crippen LogP contribution in [0.4, 0.5) is 0 Å². The Morgan fingerprint density at radius 3 is 2.50 bits per heavy atom. The number of ether oxygens (including phenoxy) is 1. The molecule has 6 heteroatoms. The first-order chi connectivity index (χ1) is 11.4. The van der Waals surface area contributed by atoms with Gasteiger partial charge in [0.15, 0.2) is 0 Å². The van der Waals surface area contributed by atoms with E-state index in [1.54, 1.807) is 6.08 Å². The minimum Gasteiger partial charge on any atom is -0.481 e. The van der Waals surface area contributed by atoms with Crippen molar-refractivity contribution >= 4 is 5.97 Å². The van der Waals surface area contributed by atoms with Gasteiger partial charge in [-0.2, -0.15) is 0 Å². The highest BCUT2D eigenvalue weighted by Gasteiger charge is 2.36. The van der Waals surface area contributed by atoms with E-state index in [4.69, 9.17) is 9.84 Å². The van der Waals surface area contributed by atoms with Crippen molar-refractivity contribution < 1.29 is 30.0 Å². The lowest BCUT2D eigenvalue weighted by Crippen LogP contribution is -2.25. The summed E-state index contributed by atoms with van der Waals surface area (Å²) in [6, 6.07) is 0. The molecule has 1 aliphatic heterocycles. The summed E-state index contributed by atoms with van der Waals surface area (Å²) in [5, 5.41) is 38.1. The third-order valence-electron chi connectivity index (χ3n) is 4.46. The normalized spacial score (nSPS) is 26.8. The number of unbranched alkanes of at least 4 members (excludes halogenated alkanes) is 4. The lowest BCUT2D eigenvalue weighted by atomic mass is 10.0. The summed E-state index contributed by atoms with van der Waals surface area (Å²) in [6.07, 6.45) is 6.93. The van der Waals surface area contributed by atoms with E-state index >= 15 is 0 Å². The predicted octanol–water partition coefficient (Wildman–Crippen LogP) is 2.01. The van der Waals surface area contributed by atoms with Crippen molar-refractivity contribution in [2.45, 2.75) is 95.2 Å². The van der Waals surface area contributed by atoms with E-state index in [-0.39, 0.29) is 12.5 Å². The van der Waals surface area contributed by atoms with Crippen LogP contribution in [0.25, 0.3) is 0 Å². The van der Waals surface area contributed by atoms with Crippen LogP contribution in [0, 0.1) is 0 Å². The number of aliphatic hydroxyl groups excluding tert-OH is 3. The Kier molecular flexibility index (Phi) is 10.2. The van der Waals surface area contributed by atoms with Gasteiger partial charge < -0.3 is 25.2 Å². The number of aliphatic hydroxyl groups is 3. The third-order valence-corrected chi connectivity index (χ3v) is 4.46. The van der Waals surface area contributed by atoms with E-state index in [0.29, 0.717) is 19.3 Å². The van der Waals surface area contributed by atoms with Gasteiger partial charge in [-0.25, -0.2) is 0 Å². The Labute approximate surface area is 144 Å². The zero-order valence-electron chi connectivity index (χ0n) is 14.5. The van der Waals surface area contributed by atoms with Gasteiger partial charge in [0.2, 0.25) is 0 Å². The predicted molar refractivity (Wildman–Crippen MR) is 90.7 cm³/mol. The monoisotopic (exact) mass is 344 g/mol. The van der Waals surface area contributed by atoms with Crippen LogP contribution >= 0.6 is 0 Å². The Hall–Kier alpha value is -0.950. The van der Waals surface area contributed by atoms with Gasteiger partial charge in [0.25, 0.3) is 0 Å². The van der Waals surface area contributed by atoms with E-state index in [1.807, 2.05) is 6.92 Å². The van der Waals surface area contributed by atoms with Crippen molar-refractivity contribution in [1.82, 2.24) is 0 Å². The molecule has 6 nitrogen and oxygen atoms in total. The molecule has 0 saturated carbocycles. The minimum absolute atomic E-state index is 0.226. The summed E-state index contributed by atoms with van der Waals surface area (Å²) >= 11 is 0. The molecule has 0 bridgehead atoms. The lowest BCUT2D eigenvalue weighted by molar-refractivity contribution is -0.137. The van der Waals surface area contributed by atoms with Crippen LogP contribution in [0.15, 0.2) is 12.2 Å². The highest BCUT2D eigenvalue weighted by molar-refractivity contribution is 5.66. The van der Waals surface area contributed by atoms with Crippen LogP contribution in [0.1, 0.15) is 64.7 Å². The molecule has 0 aromatic rings. The number of aliphatic carboxylic acids is 1. The van der Waals surface area contributed by atoms with Crippen LogP contribution < -0.4 is 0 Å². The molecule has 1 fully saturated rings. The molecule has 1 saturated heterocycles. The van der Waals surface area contributed by atoms with Crippen molar-refractivity contribution in [3.63, 3.8) is 0 Å². The molecule has 0 spiro atoms. The maximum absolute atomic E-state index is 10.4. The Balaban J connectivity index is 2.19. The van der Waals surface area contributed by atoms with Gasteiger partial charge in [-0.3, -0.25) is 4.79 Å². The highest BCUT2D eigenvalue weighted by Crippen LogP contribution is 2.27. The number of carbonyl (C=O) groups is 1. The third kappa shape index (κ3) is 8.24. The van der Waals surface area contributed by atoms with Crippen LogP contribution in [-0.2, 0) is 9.53 Å². The van der Waals surface area contributed by atoms with E-state index in [1.165, 1.54) is 6.08 Å². The average Bonchev–Trinajstić information content (AvgIpc) is 2.92. The molecule has 5 atom stereocenters. The van der Waals surface area contributed by atoms with E-state index < -0.39 is 30.4 Å². The molecule has 0 aromatic heterocycles. The molecule has 4 N–H and O–H groups in total. The molecule has 1 heterocycles. The van der Waals surface area contributed by atoms with Crippen molar-refractivity contribution in [3.05, 3.63) is 12.2 Å². The fourth-order valence-corrected chi connectivity index (χ4v) is 2.90. The Bertz CT molecular complexity index is 384. The highest BCUT2D eigenvalue weighted by atomic mass is 16.5. The summed E-state index contributed by atoms with van der Waals surface area (Å²) in [4.78, 5) is 10.4. The van der Waals surface area contributed by atoms with Gasteiger partial charge in [0.1, 0.15) is 0 Å². The van der Waals surface area contributed by atoms with E-state index in [9.17, 15) is 20.1 Å². The van der Waals surface area contributed by atoms with Crippen molar-refractivity contribution in [1.29, 1.82) is 0 Å². The zero-order chi connectivity index (χ0) is 17.9. The van der Waals surface area contributed by atoms with Gasteiger partial charge in [0.05, 0.1) is 30.5 Å². The first-order valence-corrected chi connectivity index (χ1v) is 9.03. The van der Waals surface area contributed by atoms with Crippen LogP contribution in [-0.4, -0.2) is 56.9 Å². The maximum Gasteiger partial charge on any atom is 0.303 e. The molecule has 0 unspecified atom stereocenters. The number of hydrogen-bond donors (Lipinski definition) is 4. The summed E-state index contributed by atoms with van der Waals surface area (Å²) in [5.74, 6) is -0.748. The second-order valence-electron chi connectivity index (χ2n) is 6.57. The van der Waals surface area contributed by atoms with Gasteiger partial charge in [-0.15, -0.1) is 0 Å². The first-order valence-electron chi connectivity index (χ1n) is 9.03. The summed E-state index contributed by atoms with van der Waals surface area (Å²) < 4.78 is 5.75. The Morgan fingerprint density at radius 1 is 1.17 bits per heavy atom. The van der Waals surface area contributed by atoms with Crippen molar-refractivity contribution in [3.8, 4) is 0 Å². The number of hydrogen-bond acceptors (Lipinski definition) is 5. The van der Waals surface area contributed by atoms with Gasteiger partial charge in [0, 0.05) is 12.8 Å². The molecule has 140 valence electrons. The molecular formula is C18H32O6. The largest absolute Gasteiger partial charge is 0.481 e. The molecule has 0 radical (unpaired) electrons. The maximum atomic E-state index is 10.4. The average molecular weight is 344 g/mol. The second-order valence-corrected chi connectivity index (χ2v) is 6.57. The zero-order valence-corrected chi connectivity index (χ0v) is 14.5. The minimum atomic E-state index is -0.818. The fourth-order valence-electron chi connectivity index (χ4n) is 2.90. The van der Waals surface area contributed by atoms with E-state index in [2.05, 4.69) is 0 Å². The molecule has 0 aliphatic carbocycles. The summed E-state index contributed by atoms with van der Waals surface area (Å²) in [6.45, 7) is 1.86. The smallest absolute Gasteiger partial charge is 0.303 e. The summed E-state index contributed by atoms with van der Waals surface area (Å²) in [5.41, 5.74) is 0. The van der Waals surface area contributed by atoms with Crippen LogP contribution in [0.3, 0.4) is 0 Å². The van der Waals surface area contributed by atoms with Gasteiger partial charge in [-0.1, -0.05) is 44.8 Å². The lowest BCUT2D eigenvalue weighted by Gasteiger charge is -2.17. The summed E-state index contributed by atoms with van der Waals surface area (Å²) in [7, 11) is 0. The Morgan fingerprint density at radius 2 is 1.83 bits per heavy atom.